The van der Waals surface area contributed by atoms with Gasteiger partial charge in [-0.25, -0.2) is 0 Å². The summed E-state index contributed by atoms with van der Waals surface area (Å²) in [7, 11) is 0. The van der Waals surface area contributed by atoms with Crippen LogP contribution in [0.5, 0.6) is 0 Å². The summed E-state index contributed by atoms with van der Waals surface area (Å²) in [5.74, 6) is -4.38. The highest BCUT2D eigenvalue weighted by Gasteiger charge is 2.49. The van der Waals surface area contributed by atoms with E-state index in [0.717, 1.165) is 0 Å². The van der Waals surface area contributed by atoms with E-state index in [1.54, 1.807) is 0 Å². The van der Waals surface area contributed by atoms with Gasteiger partial charge in [-0.2, -0.15) is 13.2 Å². The van der Waals surface area contributed by atoms with Crippen molar-refractivity contribution in [3.8, 4) is 0 Å². The van der Waals surface area contributed by atoms with Crippen LogP contribution >= 0.6 is 0 Å². The van der Waals surface area contributed by atoms with Crippen molar-refractivity contribution in [2.24, 2.45) is 11.8 Å². The zero-order valence-electron chi connectivity index (χ0n) is 7.02. The number of alkyl halides is 3. The molecular weight excluding hydrogens is 185 g/mol. The van der Waals surface area contributed by atoms with Crippen LogP contribution in [-0.2, 0) is 9.59 Å². The van der Waals surface area contributed by atoms with E-state index in [0.29, 0.717) is 6.42 Å². The molecule has 1 saturated carbocycles. The van der Waals surface area contributed by atoms with Crippen molar-refractivity contribution in [2.75, 3.05) is 0 Å². The van der Waals surface area contributed by atoms with Crippen molar-refractivity contribution in [1.82, 2.24) is 0 Å². The lowest BCUT2D eigenvalue weighted by Gasteiger charge is -2.14. The zero-order valence-corrected chi connectivity index (χ0v) is 7.02. The van der Waals surface area contributed by atoms with Gasteiger partial charge in [0.15, 0.2) is 0 Å². The predicted molar refractivity (Wildman–Crippen MR) is 38.0 cm³/mol. The molecular formula is C8H9F3O2. The molecule has 0 bridgehead atoms. The Hall–Kier alpha value is -0.870. The number of hydrogen-bond donors (Lipinski definition) is 0. The maximum atomic E-state index is 11.9. The normalized spacial score (nSPS) is 29.4. The summed E-state index contributed by atoms with van der Waals surface area (Å²) in [6.07, 6.45) is -4.40. The highest BCUT2D eigenvalue weighted by atomic mass is 19.4. The second kappa shape index (κ2) is 3.12. The molecule has 0 heterocycles. The summed E-state index contributed by atoms with van der Waals surface area (Å²) in [6.45, 7) is 1.50. The second-order valence-corrected chi connectivity index (χ2v) is 3.32. The Balaban J connectivity index is 2.82. The molecule has 13 heavy (non-hydrogen) atoms. The SMILES string of the molecule is CC1CCC(=O)C1C(=O)C(F)(F)F. The molecule has 2 nitrogen and oxygen atoms in total. The number of halogens is 3. The molecule has 0 amide bonds. The Morgan fingerprint density at radius 3 is 2.31 bits per heavy atom. The summed E-state index contributed by atoms with van der Waals surface area (Å²) >= 11 is 0. The van der Waals surface area contributed by atoms with E-state index in [-0.39, 0.29) is 6.42 Å². The van der Waals surface area contributed by atoms with Crippen molar-refractivity contribution >= 4 is 11.6 Å². The molecule has 5 heteroatoms. The van der Waals surface area contributed by atoms with Gasteiger partial charge in [-0.3, -0.25) is 9.59 Å². The molecule has 0 aliphatic heterocycles. The fourth-order valence-electron chi connectivity index (χ4n) is 1.59. The Morgan fingerprint density at radius 1 is 1.46 bits per heavy atom. The molecule has 1 aliphatic rings. The average Bonchev–Trinajstić information content (AvgIpc) is 2.28. The molecule has 0 aromatic heterocycles. The van der Waals surface area contributed by atoms with E-state index in [1.807, 2.05) is 0 Å². The summed E-state index contributed by atoms with van der Waals surface area (Å²) in [5, 5.41) is 0. The summed E-state index contributed by atoms with van der Waals surface area (Å²) in [6, 6.07) is 0. The van der Waals surface area contributed by atoms with Gasteiger partial charge in [0.1, 0.15) is 5.78 Å². The Morgan fingerprint density at radius 2 is 2.00 bits per heavy atom. The first kappa shape index (κ1) is 10.2. The molecule has 0 N–H and O–H groups in total. The number of ketones is 2. The minimum Gasteiger partial charge on any atom is -0.299 e. The van der Waals surface area contributed by atoms with Crippen LogP contribution in [0.1, 0.15) is 19.8 Å². The highest BCUT2D eigenvalue weighted by molar-refractivity contribution is 6.06. The van der Waals surface area contributed by atoms with Crippen LogP contribution in [0.15, 0.2) is 0 Å². The van der Waals surface area contributed by atoms with E-state index >= 15 is 0 Å². The second-order valence-electron chi connectivity index (χ2n) is 3.32. The number of carbonyl (C=O) groups excluding carboxylic acids is 2. The van der Waals surface area contributed by atoms with E-state index in [4.69, 9.17) is 0 Å². The van der Waals surface area contributed by atoms with E-state index in [9.17, 15) is 22.8 Å². The zero-order chi connectivity index (χ0) is 10.2. The van der Waals surface area contributed by atoms with E-state index in [1.165, 1.54) is 6.92 Å². The quantitative estimate of drug-likeness (QED) is 0.596. The molecule has 1 fully saturated rings. The molecule has 0 radical (unpaired) electrons. The number of hydrogen-bond acceptors (Lipinski definition) is 2. The first-order chi connectivity index (χ1) is 5.84. The van der Waals surface area contributed by atoms with Crippen LogP contribution in [-0.4, -0.2) is 17.7 Å². The average molecular weight is 194 g/mol. The maximum Gasteiger partial charge on any atom is 0.450 e. The van der Waals surface area contributed by atoms with Gasteiger partial charge in [0.25, 0.3) is 0 Å². The minimum absolute atomic E-state index is 0.0909. The van der Waals surface area contributed by atoms with Crippen LogP contribution in [0, 0.1) is 11.8 Å². The van der Waals surface area contributed by atoms with Gasteiger partial charge in [0, 0.05) is 6.42 Å². The molecule has 0 aromatic rings. The standard InChI is InChI=1S/C8H9F3O2/c1-4-2-3-5(12)6(4)7(13)8(9,10)11/h4,6H,2-3H2,1H3. The molecule has 2 unspecified atom stereocenters. The maximum absolute atomic E-state index is 11.9. The van der Waals surface area contributed by atoms with Crippen molar-refractivity contribution < 1.29 is 22.8 Å². The van der Waals surface area contributed by atoms with Gasteiger partial charge in [0.05, 0.1) is 5.92 Å². The van der Waals surface area contributed by atoms with Crippen LogP contribution in [0.4, 0.5) is 13.2 Å². The van der Waals surface area contributed by atoms with Gasteiger partial charge in [-0.1, -0.05) is 6.92 Å². The van der Waals surface area contributed by atoms with Crippen molar-refractivity contribution in [1.29, 1.82) is 0 Å². The Kier molecular flexibility index (Phi) is 2.45. The first-order valence-corrected chi connectivity index (χ1v) is 3.98. The molecule has 2 atom stereocenters. The summed E-state index contributed by atoms with van der Waals surface area (Å²) in [5.41, 5.74) is 0. The van der Waals surface area contributed by atoms with Crippen LogP contribution in [0.2, 0.25) is 0 Å². The smallest absolute Gasteiger partial charge is 0.299 e. The molecule has 1 aliphatic carbocycles. The lowest BCUT2D eigenvalue weighted by Crippen LogP contribution is -2.35. The third kappa shape index (κ3) is 1.89. The van der Waals surface area contributed by atoms with E-state index in [2.05, 4.69) is 0 Å². The van der Waals surface area contributed by atoms with Gasteiger partial charge < -0.3 is 0 Å². The van der Waals surface area contributed by atoms with Crippen LogP contribution in [0.25, 0.3) is 0 Å². The van der Waals surface area contributed by atoms with Gasteiger partial charge >= 0.3 is 6.18 Å². The Bertz CT molecular complexity index is 244. The third-order valence-corrected chi connectivity index (χ3v) is 2.32. The lowest BCUT2D eigenvalue weighted by atomic mass is 9.92. The van der Waals surface area contributed by atoms with Crippen LogP contribution in [0.3, 0.4) is 0 Å². The summed E-state index contributed by atoms with van der Waals surface area (Å²) < 4.78 is 35.8. The minimum atomic E-state index is -4.88. The fraction of sp³-hybridized carbons (Fsp3) is 0.750. The Labute approximate surface area is 73.1 Å². The highest BCUT2D eigenvalue weighted by Crippen LogP contribution is 2.34. The molecule has 1 rings (SSSR count). The predicted octanol–water partition coefficient (Wildman–Crippen LogP) is 1.73. The number of Topliss-reactive ketones (excluding diaryl/α,β-unsaturated/α-hetero) is 2. The lowest BCUT2D eigenvalue weighted by molar-refractivity contribution is -0.177. The molecule has 0 spiro atoms. The van der Waals surface area contributed by atoms with Crippen molar-refractivity contribution in [3.05, 3.63) is 0 Å². The largest absolute Gasteiger partial charge is 0.450 e. The number of rotatable bonds is 1. The molecule has 0 aromatic carbocycles. The monoisotopic (exact) mass is 194 g/mol. The van der Waals surface area contributed by atoms with Crippen LogP contribution < -0.4 is 0 Å². The van der Waals surface area contributed by atoms with Crippen molar-refractivity contribution in [3.63, 3.8) is 0 Å². The fourth-order valence-corrected chi connectivity index (χ4v) is 1.59. The van der Waals surface area contributed by atoms with Gasteiger partial charge in [-0.05, 0) is 12.3 Å². The molecule has 74 valence electrons. The topological polar surface area (TPSA) is 34.1 Å². The number of carbonyl (C=O) groups is 2. The summed E-state index contributed by atoms with van der Waals surface area (Å²) in [4.78, 5) is 21.7. The van der Waals surface area contributed by atoms with Gasteiger partial charge in [0.2, 0.25) is 5.78 Å². The van der Waals surface area contributed by atoms with Crippen molar-refractivity contribution in [2.45, 2.75) is 25.9 Å². The van der Waals surface area contributed by atoms with Gasteiger partial charge in [-0.15, -0.1) is 0 Å². The first-order valence-electron chi connectivity index (χ1n) is 3.98. The molecule has 0 saturated heterocycles. The third-order valence-electron chi connectivity index (χ3n) is 2.32. The van der Waals surface area contributed by atoms with E-state index < -0.39 is 29.6 Å².